The molecule has 192 valence electrons. The number of imidazole rings is 1. The number of benzene rings is 1. The first-order chi connectivity index (χ1) is 16.9. The number of nitrogens with one attached hydrogen (secondary N) is 2. The maximum absolute atomic E-state index is 13.5. The van der Waals surface area contributed by atoms with Crippen LogP contribution in [0.5, 0.6) is 0 Å². The third-order valence-electron chi connectivity index (χ3n) is 5.35. The minimum absolute atomic E-state index is 0.0252. The highest BCUT2D eigenvalue weighted by Crippen LogP contribution is 2.37. The number of halogens is 3. The van der Waals surface area contributed by atoms with Crippen molar-refractivity contribution in [3.05, 3.63) is 47.2 Å². The fraction of sp³-hybridized carbons (Fsp3) is 0.364. The van der Waals surface area contributed by atoms with Crippen LogP contribution < -0.4 is 11.1 Å². The predicted molar refractivity (Wildman–Crippen MR) is 128 cm³/mol. The second-order valence-electron chi connectivity index (χ2n) is 8.02. The Hall–Kier alpha value is -3.70. The summed E-state index contributed by atoms with van der Waals surface area (Å²) in [6, 6.07) is 6.59. The van der Waals surface area contributed by atoms with Gasteiger partial charge < -0.3 is 15.6 Å². The molecular weight excluding hydrogens is 497 g/mol. The van der Waals surface area contributed by atoms with Crippen molar-refractivity contribution in [2.45, 2.75) is 30.8 Å². The monoisotopic (exact) mass is 522 g/mol. The fourth-order valence-corrected chi connectivity index (χ4v) is 5.25. The summed E-state index contributed by atoms with van der Waals surface area (Å²) >= 11 is 0. The van der Waals surface area contributed by atoms with Gasteiger partial charge in [-0.15, -0.1) is 0 Å². The van der Waals surface area contributed by atoms with Gasteiger partial charge in [0.2, 0.25) is 0 Å². The SMILES string of the molecule is Cc1cc(NC(=O)c2ncc(-c3c(C(F)(F)F)n[nH]c3CC#N)n2C)ccc1S(C)(=O)=NCCCN. The summed E-state index contributed by atoms with van der Waals surface area (Å²) in [4.78, 5) is 17.4. The van der Waals surface area contributed by atoms with Gasteiger partial charge in [-0.2, -0.15) is 23.5 Å². The molecule has 1 amide bonds. The van der Waals surface area contributed by atoms with Gasteiger partial charge in [-0.3, -0.25) is 9.89 Å². The maximum Gasteiger partial charge on any atom is 0.435 e. The summed E-state index contributed by atoms with van der Waals surface area (Å²) in [5.74, 6) is -0.820. The maximum atomic E-state index is 13.5. The van der Waals surface area contributed by atoms with E-state index >= 15 is 0 Å². The Kier molecular flexibility index (Phi) is 7.85. The van der Waals surface area contributed by atoms with Crippen molar-refractivity contribution >= 4 is 21.3 Å². The molecule has 0 radical (unpaired) electrons. The van der Waals surface area contributed by atoms with Gasteiger partial charge in [-0.1, -0.05) is 0 Å². The number of rotatable bonds is 8. The number of alkyl halides is 3. The van der Waals surface area contributed by atoms with E-state index in [1.807, 2.05) is 0 Å². The van der Waals surface area contributed by atoms with E-state index in [4.69, 9.17) is 11.0 Å². The first-order valence-electron chi connectivity index (χ1n) is 10.7. The molecule has 10 nitrogen and oxygen atoms in total. The van der Waals surface area contributed by atoms with E-state index in [1.165, 1.54) is 17.9 Å². The third-order valence-corrected chi connectivity index (χ3v) is 7.30. The molecule has 0 aliphatic heterocycles. The van der Waals surface area contributed by atoms with Crippen LogP contribution in [-0.4, -0.2) is 49.2 Å². The lowest BCUT2D eigenvalue weighted by atomic mass is 10.1. The van der Waals surface area contributed by atoms with Gasteiger partial charge in [0.05, 0.1) is 50.3 Å². The molecule has 0 saturated carbocycles. The van der Waals surface area contributed by atoms with Gasteiger partial charge in [-0.05, 0) is 43.7 Å². The first kappa shape index (κ1) is 26.9. The third kappa shape index (κ3) is 5.58. The Balaban J connectivity index is 1.90. The summed E-state index contributed by atoms with van der Waals surface area (Å²) in [5.41, 5.74) is 4.89. The lowest BCUT2D eigenvalue weighted by Gasteiger charge is -2.12. The van der Waals surface area contributed by atoms with Crippen LogP contribution >= 0.6 is 0 Å². The highest BCUT2D eigenvalue weighted by molar-refractivity contribution is 7.93. The van der Waals surface area contributed by atoms with E-state index in [0.29, 0.717) is 35.7 Å². The Bertz CT molecular complexity index is 1440. The molecule has 1 unspecified atom stereocenters. The van der Waals surface area contributed by atoms with E-state index < -0.39 is 27.5 Å². The number of hydrogen-bond donors (Lipinski definition) is 3. The van der Waals surface area contributed by atoms with E-state index in [0.717, 1.165) is 6.20 Å². The van der Waals surface area contributed by atoms with Crippen molar-refractivity contribution in [2.75, 3.05) is 24.7 Å². The number of nitrogens with two attached hydrogens (primary N) is 1. The zero-order valence-electron chi connectivity index (χ0n) is 19.8. The van der Waals surface area contributed by atoms with Crippen LogP contribution in [-0.2, 0) is 29.4 Å². The number of aromatic amines is 1. The van der Waals surface area contributed by atoms with E-state index in [-0.39, 0.29) is 29.2 Å². The lowest BCUT2D eigenvalue weighted by molar-refractivity contribution is -0.140. The van der Waals surface area contributed by atoms with Crippen molar-refractivity contribution in [1.29, 1.82) is 5.26 Å². The van der Waals surface area contributed by atoms with Crippen LogP contribution in [0.15, 0.2) is 33.7 Å². The highest BCUT2D eigenvalue weighted by atomic mass is 32.2. The molecule has 14 heteroatoms. The molecule has 3 rings (SSSR count). The Morgan fingerprint density at radius 3 is 2.72 bits per heavy atom. The second kappa shape index (κ2) is 10.5. The van der Waals surface area contributed by atoms with Crippen LogP contribution in [0.3, 0.4) is 0 Å². The quantitative estimate of drug-likeness (QED) is 0.386. The number of anilines is 1. The topological polar surface area (TPSA) is 155 Å². The summed E-state index contributed by atoms with van der Waals surface area (Å²) in [6.07, 6.45) is -1.84. The average molecular weight is 523 g/mol. The zero-order chi connectivity index (χ0) is 26.7. The molecule has 0 saturated heterocycles. The number of nitrogens with zero attached hydrogens (tertiary/aromatic N) is 5. The summed E-state index contributed by atoms with van der Waals surface area (Å²) in [6.45, 7) is 2.55. The molecule has 2 heterocycles. The van der Waals surface area contributed by atoms with Crippen LogP contribution in [0.4, 0.5) is 18.9 Å². The molecule has 1 atom stereocenters. The highest BCUT2D eigenvalue weighted by Gasteiger charge is 2.39. The van der Waals surface area contributed by atoms with Crippen molar-refractivity contribution in [1.82, 2.24) is 19.7 Å². The molecule has 4 N–H and O–H groups in total. The largest absolute Gasteiger partial charge is 0.435 e. The summed E-state index contributed by atoms with van der Waals surface area (Å²) < 4.78 is 58.9. The number of carbonyl (C=O) groups is 1. The standard InChI is InChI=1S/C22H25F3N8O2S/c1-13-11-14(5-6-17(13)36(3,35)29-10-4-8-26)30-21(34)20-28-12-16(33(20)2)18-15(7-9-27)31-32-19(18)22(23,24)25/h5-6,11-12H,4,7-8,10,26H2,1-3H3,(H,30,34)(H,31,32). The number of hydrogen-bond acceptors (Lipinski definition) is 7. The van der Waals surface area contributed by atoms with E-state index in [2.05, 4.69) is 24.9 Å². The number of nitriles is 1. The number of carbonyl (C=O) groups excluding carboxylic acids is 1. The Morgan fingerprint density at radius 2 is 2.11 bits per heavy atom. The van der Waals surface area contributed by atoms with Crippen LogP contribution in [0.2, 0.25) is 0 Å². The zero-order valence-corrected chi connectivity index (χ0v) is 20.6. The Labute approximate surface area is 205 Å². The molecule has 0 fully saturated rings. The van der Waals surface area contributed by atoms with Gasteiger partial charge in [-0.25, -0.2) is 13.6 Å². The molecule has 0 bridgehead atoms. The molecule has 36 heavy (non-hydrogen) atoms. The van der Waals surface area contributed by atoms with Crippen LogP contribution in [0.25, 0.3) is 11.3 Å². The number of H-pyrrole nitrogens is 1. The van der Waals surface area contributed by atoms with Gasteiger partial charge in [0, 0.05) is 25.5 Å². The van der Waals surface area contributed by atoms with Crippen molar-refractivity contribution in [3.63, 3.8) is 0 Å². The van der Waals surface area contributed by atoms with Crippen LogP contribution in [0.1, 0.15) is 34.0 Å². The molecule has 1 aromatic carbocycles. The van der Waals surface area contributed by atoms with Crippen molar-refractivity contribution < 1.29 is 22.2 Å². The minimum Gasteiger partial charge on any atom is -0.330 e. The number of aromatic nitrogens is 4. The molecule has 3 aromatic rings. The number of amides is 1. The average Bonchev–Trinajstić information content (AvgIpc) is 3.37. The van der Waals surface area contributed by atoms with Crippen molar-refractivity contribution in [2.24, 2.45) is 17.1 Å². The van der Waals surface area contributed by atoms with Gasteiger partial charge in [0.1, 0.15) is 0 Å². The predicted octanol–water partition coefficient (Wildman–Crippen LogP) is 3.26. The molecule has 0 spiro atoms. The lowest BCUT2D eigenvalue weighted by Crippen LogP contribution is -2.18. The van der Waals surface area contributed by atoms with Crippen molar-refractivity contribution in [3.8, 4) is 17.3 Å². The fourth-order valence-electron chi connectivity index (χ4n) is 3.66. The minimum atomic E-state index is -4.78. The van der Waals surface area contributed by atoms with Gasteiger partial charge >= 0.3 is 6.18 Å². The van der Waals surface area contributed by atoms with E-state index in [1.54, 1.807) is 31.2 Å². The van der Waals surface area contributed by atoms with Gasteiger partial charge in [0.25, 0.3) is 5.91 Å². The molecule has 2 aromatic heterocycles. The summed E-state index contributed by atoms with van der Waals surface area (Å²) in [5, 5.41) is 17.2. The molecular formula is C22H25F3N8O2S. The van der Waals surface area contributed by atoms with Gasteiger partial charge in [0.15, 0.2) is 11.5 Å². The summed E-state index contributed by atoms with van der Waals surface area (Å²) in [7, 11) is -1.25. The second-order valence-corrected chi connectivity index (χ2v) is 10.3. The van der Waals surface area contributed by atoms with E-state index in [9.17, 15) is 22.2 Å². The Morgan fingerprint density at radius 1 is 1.39 bits per heavy atom. The smallest absolute Gasteiger partial charge is 0.330 e. The first-order valence-corrected chi connectivity index (χ1v) is 12.7. The van der Waals surface area contributed by atoms with Crippen LogP contribution in [0, 0.1) is 18.3 Å². The molecule has 0 aliphatic carbocycles. The number of aryl methyl sites for hydroxylation is 1. The molecule has 0 aliphatic rings. The normalized spacial score (nSPS) is 13.2.